The Morgan fingerprint density at radius 1 is 1.92 bits per heavy atom. The predicted octanol–water partition coefficient (Wildman–Crippen LogP) is 0.533. The molecule has 7 heteroatoms. The van der Waals surface area contributed by atoms with Crippen molar-refractivity contribution >= 4 is 11.9 Å². The van der Waals surface area contributed by atoms with Crippen molar-refractivity contribution in [3.05, 3.63) is 10.4 Å². The Kier molecular flexibility index (Phi) is 2.39. The number of hydrogen-bond donors (Lipinski definition) is 1. The second-order valence-electron chi connectivity index (χ2n) is 2.82. The molecule has 1 aliphatic heterocycles. The van der Waals surface area contributed by atoms with Crippen LogP contribution in [0.2, 0.25) is 0 Å². The van der Waals surface area contributed by atoms with E-state index < -0.39 is 17.9 Å². The number of rotatable bonds is 3. The normalized spacial score (nSPS) is 23.0. The van der Waals surface area contributed by atoms with Crippen molar-refractivity contribution in [2.75, 3.05) is 0 Å². The van der Waals surface area contributed by atoms with Crippen LogP contribution in [0.5, 0.6) is 0 Å². The summed E-state index contributed by atoms with van der Waals surface area (Å²) in [5.41, 5.74) is 8.07. The highest BCUT2D eigenvalue weighted by molar-refractivity contribution is 5.85. The molecule has 70 valence electrons. The highest BCUT2D eigenvalue weighted by atomic mass is 16.4. The molecular formula is C6H8N4O3. The van der Waals surface area contributed by atoms with E-state index in [1.807, 2.05) is 0 Å². The maximum Gasteiger partial charge on any atom is 0.317 e. The lowest BCUT2D eigenvalue weighted by Gasteiger charge is -2.32. The largest absolute Gasteiger partial charge is 0.481 e. The molecule has 1 fully saturated rings. The molecule has 2 unspecified atom stereocenters. The van der Waals surface area contributed by atoms with Crippen molar-refractivity contribution in [3.63, 3.8) is 0 Å². The van der Waals surface area contributed by atoms with E-state index in [4.69, 9.17) is 10.6 Å². The maximum absolute atomic E-state index is 10.8. The van der Waals surface area contributed by atoms with Crippen molar-refractivity contribution in [1.29, 1.82) is 0 Å². The number of carboxylic acid groups (broad SMARTS) is 1. The van der Waals surface area contributed by atoms with E-state index in [1.165, 1.54) is 6.92 Å². The molecule has 1 amide bonds. The first-order chi connectivity index (χ1) is 6.07. The second-order valence-corrected chi connectivity index (χ2v) is 2.82. The summed E-state index contributed by atoms with van der Waals surface area (Å²) >= 11 is 0. The van der Waals surface area contributed by atoms with Gasteiger partial charge in [-0.1, -0.05) is 0 Å². The van der Waals surface area contributed by atoms with E-state index in [1.54, 1.807) is 0 Å². The molecule has 0 aromatic carbocycles. The summed E-state index contributed by atoms with van der Waals surface area (Å²) in [5, 5.41) is 12.6. The molecule has 0 bridgehead atoms. The number of carbonyl (C=O) groups is 2. The fraction of sp³-hybridized carbons (Fsp3) is 0.667. The van der Waals surface area contributed by atoms with Crippen LogP contribution < -0.4 is 0 Å². The van der Waals surface area contributed by atoms with Gasteiger partial charge in [-0.2, -0.15) is 9.92 Å². The molecule has 2 atom stereocenters. The van der Waals surface area contributed by atoms with Crippen LogP contribution in [0.4, 0.5) is 0 Å². The zero-order valence-corrected chi connectivity index (χ0v) is 6.91. The number of β-lactam (4-membered cyclic amide) rings is 1. The highest BCUT2D eigenvalue weighted by Gasteiger charge is 2.47. The van der Waals surface area contributed by atoms with E-state index in [2.05, 4.69) is 10.1 Å². The van der Waals surface area contributed by atoms with Crippen LogP contribution >= 0.6 is 0 Å². The highest BCUT2D eigenvalue weighted by Crippen LogP contribution is 2.26. The Bertz CT molecular complexity index is 294. The molecule has 0 aromatic heterocycles. The number of azide groups is 1. The Balaban J connectivity index is 2.69. The molecule has 0 aliphatic carbocycles. The smallest absolute Gasteiger partial charge is 0.317 e. The van der Waals surface area contributed by atoms with Crippen molar-refractivity contribution in [1.82, 2.24) is 5.01 Å². The van der Waals surface area contributed by atoms with Crippen molar-refractivity contribution in [2.45, 2.75) is 19.4 Å². The van der Waals surface area contributed by atoms with Crippen molar-refractivity contribution in [3.8, 4) is 0 Å². The fourth-order valence-electron chi connectivity index (χ4n) is 1.14. The van der Waals surface area contributed by atoms with E-state index >= 15 is 0 Å². The van der Waals surface area contributed by atoms with Gasteiger partial charge in [-0.15, -0.1) is 5.53 Å². The summed E-state index contributed by atoms with van der Waals surface area (Å²) in [6.07, 6.45) is 0.131. The van der Waals surface area contributed by atoms with Crippen LogP contribution in [-0.4, -0.2) is 28.0 Å². The lowest BCUT2D eigenvalue weighted by atomic mass is 9.92. The summed E-state index contributed by atoms with van der Waals surface area (Å²) in [5.74, 6) is -2.05. The minimum atomic E-state index is -1.00. The second kappa shape index (κ2) is 3.32. The average molecular weight is 184 g/mol. The molecule has 0 radical (unpaired) electrons. The van der Waals surface area contributed by atoms with Crippen LogP contribution in [0.1, 0.15) is 13.3 Å². The molecule has 1 aliphatic rings. The van der Waals surface area contributed by atoms with Gasteiger partial charge < -0.3 is 5.11 Å². The summed E-state index contributed by atoms with van der Waals surface area (Å²) in [4.78, 5) is 23.8. The van der Waals surface area contributed by atoms with Gasteiger partial charge >= 0.3 is 11.9 Å². The van der Waals surface area contributed by atoms with Gasteiger partial charge in [0.2, 0.25) is 0 Å². The molecule has 0 spiro atoms. The van der Waals surface area contributed by atoms with Gasteiger partial charge in [0, 0.05) is 0 Å². The molecule has 13 heavy (non-hydrogen) atoms. The third-order valence-electron chi connectivity index (χ3n) is 2.06. The van der Waals surface area contributed by atoms with Gasteiger partial charge in [0.25, 0.3) is 0 Å². The fourth-order valence-corrected chi connectivity index (χ4v) is 1.14. The SMILES string of the molecule is CC(C(=O)O)C1CC(=O)N1N=[N+]=[N-]. The predicted molar refractivity (Wildman–Crippen MR) is 41.2 cm³/mol. The Hall–Kier alpha value is -1.75. The van der Waals surface area contributed by atoms with E-state index in [9.17, 15) is 9.59 Å². The number of carbonyl (C=O) groups excluding carboxylic acids is 1. The van der Waals surface area contributed by atoms with E-state index in [0.29, 0.717) is 0 Å². The zero-order chi connectivity index (χ0) is 10.0. The van der Waals surface area contributed by atoms with E-state index in [-0.39, 0.29) is 12.3 Å². The number of carboxylic acids is 1. The van der Waals surface area contributed by atoms with Gasteiger partial charge in [0.15, 0.2) is 0 Å². The topological polar surface area (TPSA) is 106 Å². The molecule has 1 rings (SSSR count). The van der Waals surface area contributed by atoms with Crippen LogP contribution in [0.15, 0.2) is 5.22 Å². The molecule has 1 heterocycles. The van der Waals surface area contributed by atoms with Crippen LogP contribution in [0.3, 0.4) is 0 Å². The minimum absolute atomic E-state index is 0.131. The van der Waals surface area contributed by atoms with Gasteiger partial charge in [-0.05, 0) is 12.1 Å². The Labute approximate surface area is 73.5 Å². The van der Waals surface area contributed by atoms with Crippen molar-refractivity contribution in [2.24, 2.45) is 11.1 Å². The molecule has 7 nitrogen and oxygen atoms in total. The first-order valence-electron chi connectivity index (χ1n) is 3.67. The first-order valence-corrected chi connectivity index (χ1v) is 3.67. The first kappa shape index (κ1) is 9.34. The zero-order valence-electron chi connectivity index (χ0n) is 6.91. The number of hydrogen-bond acceptors (Lipinski definition) is 3. The summed E-state index contributed by atoms with van der Waals surface area (Å²) in [7, 11) is 0. The van der Waals surface area contributed by atoms with Crippen LogP contribution in [-0.2, 0) is 9.59 Å². The number of amides is 1. The Morgan fingerprint density at radius 3 is 2.92 bits per heavy atom. The molecule has 0 saturated carbocycles. The van der Waals surface area contributed by atoms with Crippen molar-refractivity contribution < 1.29 is 14.7 Å². The van der Waals surface area contributed by atoms with Crippen LogP contribution in [0.25, 0.3) is 10.4 Å². The lowest BCUT2D eigenvalue weighted by Crippen LogP contribution is -2.53. The summed E-state index contributed by atoms with van der Waals surface area (Å²) < 4.78 is 0. The molecule has 0 aromatic rings. The summed E-state index contributed by atoms with van der Waals surface area (Å²) in [6.45, 7) is 1.47. The number of aliphatic carboxylic acids is 1. The summed E-state index contributed by atoms with van der Waals surface area (Å²) in [6, 6.07) is -0.499. The standard InChI is InChI=1S/C6H8N4O3/c1-3(6(12)13)4-2-5(11)10(4)9-8-7/h3-4H,2H2,1H3,(H,12,13). The third-order valence-corrected chi connectivity index (χ3v) is 2.06. The molecular weight excluding hydrogens is 176 g/mol. The molecule has 1 N–H and O–H groups in total. The van der Waals surface area contributed by atoms with E-state index in [0.717, 1.165) is 5.01 Å². The lowest BCUT2D eigenvalue weighted by molar-refractivity contribution is -0.156. The third kappa shape index (κ3) is 1.54. The number of nitrogens with zero attached hydrogens (tertiary/aromatic N) is 4. The van der Waals surface area contributed by atoms with Gasteiger partial charge in [-0.3, -0.25) is 4.79 Å². The van der Waals surface area contributed by atoms with Crippen LogP contribution in [0, 0.1) is 5.92 Å². The Morgan fingerprint density at radius 2 is 2.54 bits per heavy atom. The molecule has 1 saturated heterocycles. The van der Waals surface area contributed by atoms with Gasteiger partial charge in [0.1, 0.15) is 6.04 Å². The van der Waals surface area contributed by atoms with Gasteiger partial charge in [0.05, 0.1) is 12.3 Å². The maximum atomic E-state index is 10.8. The monoisotopic (exact) mass is 184 g/mol. The van der Waals surface area contributed by atoms with Gasteiger partial charge in [-0.25, -0.2) is 4.79 Å². The average Bonchev–Trinajstić information content (AvgIpc) is 2.09. The quantitative estimate of drug-likeness (QED) is 0.299. The minimum Gasteiger partial charge on any atom is -0.481 e.